The maximum absolute atomic E-state index is 11.6. The Labute approximate surface area is 106 Å². The van der Waals surface area contributed by atoms with E-state index in [1.165, 1.54) is 7.11 Å². The first-order valence-corrected chi connectivity index (χ1v) is 5.59. The first kappa shape index (κ1) is 11.8. The summed E-state index contributed by atoms with van der Waals surface area (Å²) in [5.41, 5.74) is 1.51. The van der Waals surface area contributed by atoms with Crippen molar-refractivity contribution in [1.29, 1.82) is 0 Å². The van der Waals surface area contributed by atoms with E-state index < -0.39 is 5.97 Å². The molecule has 0 aliphatic rings. The van der Waals surface area contributed by atoms with Crippen LogP contribution in [0.3, 0.4) is 0 Å². The van der Waals surface area contributed by atoms with Gasteiger partial charge in [0.25, 0.3) is 0 Å². The molecule has 0 aliphatic heterocycles. The zero-order valence-corrected chi connectivity index (χ0v) is 10.8. The zero-order chi connectivity index (χ0) is 12.4. The number of nitrogens with zero attached hydrogens (tertiary/aromatic N) is 2. The van der Waals surface area contributed by atoms with Crippen molar-refractivity contribution in [1.82, 2.24) is 10.1 Å². The molecule has 0 spiro atoms. The summed E-state index contributed by atoms with van der Waals surface area (Å²) < 4.78 is 10.5. The van der Waals surface area contributed by atoms with Crippen LogP contribution in [-0.2, 0) is 4.74 Å². The highest BCUT2D eigenvalue weighted by atomic mass is 79.9. The third-order valence-electron chi connectivity index (χ3n) is 2.28. The largest absolute Gasteiger partial charge is 0.465 e. The van der Waals surface area contributed by atoms with E-state index >= 15 is 0 Å². The number of pyridine rings is 1. The second kappa shape index (κ2) is 4.67. The predicted octanol–water partition coefficient (Wildman–Crippen LogP) is 2.59. The number of carbonyl (C=O) groups excluding carboxylic acids is 1. The highest BCUT2D eigenvalue weighted by molar-refractivity contribution is 9.10. The lowest BCUT2D eigenvalue weighted by molar-refractivity contribution is 0.0599. The van der Waals surface area contributed by atoms with Crippen LogP contribution < -0.4 is 0 Å². The minimum atomic E-state index is -0.470. The molecule has 5 nitrogen and oxygen atoms in total. The second-order valence-corrected chi connectivity index (χ2v) is 4.16. The van der Waals surface area contributed by atoms with Crippen molar-refractivity contribution in [2.24, 2.45) is 0 Å². The molecule has 2 aromatic heterocycles. The molecule has 88 valence electrons. The molecule has 0 saturated carbocycles. The molecule has 6 heteroatoms. The zero-order valence-electron chi connectivity index (χ0n) is 9.23. The Balaban J connectivity index is 2.61. The predicted molar refractivity (Wildman–Crippen MR) is 63.5 cm³/mol. The average molecular weight is 297 g/mol. The van der Waals surface area contributed by atoms with Gasteiger partial charge in [-0.25, -0.2) is 4.79 Å². The van der Waals surface area contributed by atoms with Crippen LogP contribution in [0.2, 0.25) is 0 Å². The molecule has 17 heavy (non-hydrogen) atoms. The van der Waals surface area contributed by atoms with Crippen LogP contribution in [0.4, 0.5) is 0 Å². The maximum atomic E-state index is 11.6. The molecule has 0 atom stereocenters. The summed E-state index contributed by atoms with van der Waals surface area (Å²) in [5.74, 6) is -0.0435. The standard InChI is InChI=1S/C11H9BrN2O3/c1-6-9(11(15)16-2)10(14-17-6)7-3-4-13-5-8(7)12/h3-5H,1-2H3. The normalized spacial score (nSPS) is 10.3. The molecule has 0 radical (unpaired) electrons. The van der Waals surface area contributed by atoms with Gasteiger partial charge in [-0.1, -0.05) is 5.16 Å². The fourth-order valence-corrected chi connectivity index (χ4v) is 1.90. The molecule has 0 saturated heterocycles. The molecular weight excluding hydrogens is 288 g/mol. The molecule has 0 bridgehead atoms. The Morgan fingerprint density at radius 2 is 2.29 bits per heavy atom. The van der Waals surface area contributed by atoms with Crippen molar-refractivity contribution in [3.8, 4) is 11.3 Å². The minimum Gasteiger partial charge on any atom is -0.465 e. The van der Waals surface area contributed by atoms with Crippen LogP contribution >= 0.6 is 15.9 Å². The highest BCUT2D eigenvalue weighted by Gasteiger charge is 2.23. The van der Waals surface area contributed by atoms with Crippen molar-refractivity contribution in [3.05, 3.63) is 34.3 Å². The lowest BCUT2D eigenvalue weighted by atomic mass is 10.1. The summed E-state index contributed by atoms with van der Waals surface area (Å²) in [5, 5.41) is 3.88. The number of hydrogen-bond donors (Lipinski definition) is 0. The van der Waals surface area contributed by atoms with Crippen molar-refractivity contribution in [2.45, 2.75) is 6.92 Å². The Hall–Kier alpha value is -1.69. The van der Waals surface area contributed by atoms with Crippen LogP contribution in [-0.4, -0.2) is 23.2 Å². The molecule has 0 amide bonds. The van der Waals surface area contributed by atoms with Gasteiger partial charge in [0.2, 0.25) is 0 Å². The van der Waals surface area contributed by atoms with Gasteiger partial charge in [-0.05, 0) is 28.9 Å². The maximum Gasteiger partial charge on any atom is 0.343 e. The van der Waals surface area contributed by atoms with Gasteiger partial charge in [0.05, 0.1) is 7.11 Å². The van der Waals surface area contributed by atoms with Crippen LogP contribution in [0.15, 0.2) is 27.5 Å². The fraction of sp³-hybridized carbons (Fsp3) is 0.182. The highest BCUT2D eigenvalue weighted by Crippen LogP contribution is 2.30. The van der Waals surface area contributed by atoms with E-state index in [-0.39, 0.29) is 0 Å². The lowest BCUT2D eigenvalue weighted by Crippen LogP contribution is -2.03. The summed E-state index contributed by atoms with van der Waals surface area (Å²) in [7, 11) is 1.32. The van der Waals surface area contributed by atoms with E-state index in [9.17, 15) is 4.79 Å². The quantitative estimate of drug-likeness (QED) is 0.797. The number of methoxy groups -OCH3 is 1. The molecule has 0 N–H and O–H groups in total. The van der Waals surface area contributed by atoms with Crippen LogP contribution in [0.25, 0.3) is 11.3 Å². The number of hydrogen-bond acceptors (Lipinski definition) is 5. The van der Waals surface area contributed by atoms with E-state index in [0.717, 1.165) is 10.0 Å². The van der Waals surface area contributed by atoms with E-state index in [1.807, 2.05) is 0 Å². The van der Waals surface area contributed by atoms with Crippen molar-refractivity contribution < 1.29 is 14.1 Å². The van der Waals surface area contributed by atoms with Crippen LogP contribution in [0, 0.1) is 6.92 Å². The minimum absolute atomic E-state index is 0.333. The molecule has 0 aliphatic carbocycles. The summed E-state index contributed by atoms with van der Waals surface area (Å²) in [4.78, 5) is 15.6. The fourth-order valence-electron chi connectivity index (χ4n) is 1.47. The van der Waals surface area contributed by atoms with E-state index in [1.54, 1.807) is 25.4 Å². The average Bonchev–Trinajstić information content (AvgIpc) is 2.71. The molecule has 0 fully saturated rings. The van der Waals surface area contributed by atoms with Gasteiger partial charge in [0.15, 0.2) is 0 Å². The number of halogens is 1. The summed E-state index contributed by atoms with van der Waals surface area (Å²) in [6.07, 6.45) is 3.24. The number of rotatable bonds is 2. The van der Waals surface area contributed by atoms with Gasteiger partial charge in [-0.15, -0.1) is 0 Å². The van der Waals surface area contributed by atoms with Gasteiger partial charge in [-0.3, -0.25) is 4.98 Å². The lowest BCUT2D eigenvalue weighted by Gasteiger charge is -2.02. The van der Waals surface area contributed by atoms with E-state index in [0.29, 0.717) is 17.0 Å². The monoisotopic (exact) mass is 296 g/mol. The van der Waals surface area contributed by atoms with Crippen LogP contribution in [0.1, 0.15) is 16.1 Å². The first-order valence-electron chi connectivity index (χ1n) is 4.79. The molecule has 0 aromatic carbocycles. The topological polar surface area (TPSA) is 65.2 Å². The third kappa shape index (κ3) is 2.08. The molecule has 0 unspecified atom stereocenters. The second-order valence-electron chi connectivity index (χ2n) is 3.31. The number of esters is 1. The Bertz CT molecular complexity index is 566. The summed E-state index contributed by atoms with van der Waals surface area (Å²) in [6.45, 7) is 1.66. The van der Waals surface area contributed by atoms with Crippen molar-refractivity contribution >= 4 is 21.9 Å². The number of aromatic nitrogens is 2. The first-order chi connectivity index (χ1) is 8.15. The Morgan fingerprint density at radius 3 is 2.94 bits per heavy atom. The summed E-state index contributed by atoms with van der Waals surface area (Å²) >= 11 is 3.35. The SMILES string of the molecule is COC(=O)c1c(-c2ccncc2Br)noc1C. The summed E-state index contributed by atoms with van der Waals surface area (Å²) in [6, 6.07) is 1.74. The van der Waals surface area contributed by atoms with Crippen molar-refractivity contribution in [2.75, 3.05) is 7.11 Å². The Kier molecular flexibility index (Phi) is 3.23. The number of aryl methyl sites for hydroxylation is 1. The molecule has 2 heterocycles. The van der Waals surface area contributed by atoms with Gasteiger partial charge in [-0.2, -0.15) is 0 Å². The van der Waals surface area contributed by atoms with Gasteiger partial charge >= 0.3 is 5.97 Å². The smallest absolute Gasteiger partial charge is 0.343 e. The molecular formula is C11H9BrN2O3. The van der Waals surface area contributed by atoms with Gasteiger partial charge in [0.1, 0.15) is 17.0 Å². The van der Waals surface area contributed by atoms with Crippen LogP contribution in [0.5, 0.6) is 0 Å². The van der Waals surface area contributed by atoms with E-state index in [2.05, 4.69) is 26.1 Å². The van der Waals surface area contributed by atoms with Gasteiger partial charge < -0.3 is 9.26 Å². The number of ether oxygens (including phenoxy) is 1. The van der Waals surface area contributed by atoms with E-state index in [4.69, 9.17) is 9.26 Å². The van der Waals surface area contributed by atoms with Gasteiger partial charge in [0, 0.05) is 22.4 Å². The third-order valence-corrected chi connectivity index (χ3v) is 2.91. The molecule has 2 aromatic rings. The molecule has 2 rings (SSSR count). The Morgan fingerprint density at radius 1 is 1.53 bits per heavy atom. The van der Waals surface area contributed by atoms with Crippen molar-refractivity contribution in [3.63, 3.8) is 0 Å². The number of carbonyl (C=O) groups is 1.